The zero-order valence-corrected chi connectivity index (χ0v) is 12.4. The van der Waals surface area contributed by atoms with Crippen LogP contribution in [0.1, 0.15) is 58.8 Å². The van der Waals surface area contributed by atoms with Gasteiger partial charge in [0.05, 0.1) is 18.1 Å². The summed E-state index contributed by atoms with van der Waals surface area (Å²) in [6.45, 7) is 6.57. The van der Waals surface area contributed by atoms with Crippen LogP contribution < -0.4 is 0 Å². The van der Waals surface area contributed by atoms with Crippen molar-refractivity contribution in [2.24, 2.45) is 11.3 Å². The number of ether oxygens (including phenoxy) is 1. The molecule has 0 spiro atoms. The molecule has 0 aromatic carbocycles. The van der Waals surface area contributed by atoms with E-state index in [2.05, 4.69) is 18.7 Å². The van der Waals surface area contributed by atoms with Crippen LogP contribution in [0.5, 0.6) is 0 Å². The van der Waals surface area contributed by atoms with E-state index >= 15 is 0 Å². The third kappa shape index (κ3) is 2.54. The lowest BCUT2D eigenvalue weighted by atomic mass is 9.80. The van der Waals surface area contributed by atoms with Crippen LogP contribution in [-0.4, -0.2) is 36.1 Å². The Kier molecular flexibility index (Phi) is 3.59. The van der Waals surface area contributed by atoms with Gasteiger partial charge in [-0.3, -0.25) is 4.79 Å². The highest BCUT2D eigenvalue weighted by Gasteiger charge is 2.46. The van der Waals surface area contributed by atoms with E-state index in [0.29, 0.717) is 17.4 Å². The van der Waals surface area contributed by atoms with Gasteiger partial charge in [0.1, 0.15) is 0 Å². The summed E-state index contributed by atoms with van der Waals surface area (Å²) < 4.78 is 5.84. The lowest BCUT2D eigenvalue weighted by Crippen LogP contribution is -2.40. The highest BCUT2D eigenvalue weighted by atomic mass is 16.5. The highest BCUT2D eigenvalue weighted by Crippen LogP contribution is 2.40. The highest BCUT2D eigenvalue weighted by molar-refractivity contribution is 5.80. The van der Waals surface area contributed by atoms with Gasteiger partial charge >= 0.3 is 0 Å². The Morgan fingerprint density at radius 1 is 1.32 bits per heavy atom. The lowest BCUT2D eigenvalue weighted by molar-refractivity contribution is -0.137. The summed E-state index contributed by atoms with van der Waals surface area (Å²) in [5.74, 6) is 0.553. The zero-order chi connectivity index (χ0) is 13.5. The fraction of sp³-hybridized carbons (Fsp3) is 0.938. The summed E-state index contributed by atoms with van der Waals surface area (Å²) in [4.78, 5) is 14.8. The Bertz CT molecular complexity index is 357. The average Bonchev–Trinajstić information content (AvgIpc) is 2.99. The van der Waals surface area contributed by atoms with Gasteiger partial charge < -0.3 is 9.64 Å². The van der Waals surface area contributed by atoms with Crippen LogP contribution in [-0.2, 0) is 9.53 Å². The molecule has 0 N–H and O–H groups in total. The van der Waals surface area contributed by atoms with Crippen LogP contribution in [0.4, 0.5) is 0 Å². The second-order valence-corrected chi connectivity index (χ2v) is 7.06. The summed E-state index contributed by atoms with van der Waals surface area (Å²) >= 11 is 0. The Hall–Kier alpha value is -0.570. The van der Waals surface area contributed by atoms with E-state index in [0.717, 1.165) is 38.8 Å². The molecule has 3 heteroatoms. The van der Waals surface area contributed by atoms with Crippen molar-refractivity contribution in [3.05, 3.63) is 0 Å². The maximum absolute atomic E-state index is 12.7. The normalized spacial score (nSPS) is 42.4. The molecule has 3 aliphatic rings. The largest absolute Gasteiger partial charge is 0.374 e. The predicted octanol–water partition coefficient (Wildman–Crippen LogP) is 2.98. The number of rotatable bonds is 2. The Balaban J connectivity index is 1.61. The molecule has 3 aliphatic heterocycles. The van der Waals surface area contributed by atoms with Gasteiger partial charge in [-0.25, -0.2) is 0 Å². The molecule has 3 heterocycles. The van der Waals surface area contributed by atoms with Crippen LogP contribution in [0.2, 0.25) is 0 Å². The van der Waals surface area contributed by atoms with Crippen molar-refractivity contribution in [3.63, 3.8) is 0 Å². The van der Waals surface area contributed by atoms with Crippen molar-refractivity contribution in [2.45, 2.75) is 71.0 Å². The van der Waals surface area contributed by atoms with Crippen LogP contribution >= 0.6 is 0 Å². The van der Waals surface area contributed by atoms with Crippen molar-refractivity contribution in [2.75, 3.05) is 13.1 Å². The first-order valence-electron chi connectivity index (χ1n) is 8.05. The molecule has 3 rings (SSSR count). The minimum Gasteiger partial charge on any atom is -0.374 e. The number of likely N-dealkylation sites (tertiary alicyclic amines) is 1. The predicted molar refractivity (Wildman–Crippen MR) is 74.8 cm³/mol. The van der Waals surface area contributed by atoms with E-state index < -0.39 is 0 Å². The molecule has 4 unspecified atom stereocenters. The molecule has 19 heavy (non-hydrogen) atoms. The molecule has 0 aromatic rings. The molecule has 0 saturated carbocycles. The molecule has 0 radical (unpaired) electrons. The third-order valence-corrected chi connectivity index (χ3v) is 5.78. The number of fused-ring (bicyclic) bond motifs is 2. The minimum atomic E-state index is 0.171. The summed E-state index contributed by atoms with van der Waals surface area (Å²) in [7, 11) is 0. The number of hydrogen-bond acceptors (Lipinski definition) is 2. The lowest BCUT2D eigenvalue weighted by Gasteiger charge is -2.29. The Labute approximate surface area is 116 Å². The summed E-state index contributed by atoms with van der Waals surface area (Å²) in [6.07, 6.45) is 8.68. The molecule has 108 valence electrons. The number of carbonyl (C=O) groups is 1. The second-order valence-electron chi connectivity index (χ2n) is 7.06. The molecule has 0 aromatic heterocycles. The van der Waals surface area contributed by atoms with E-state index in [9.17, 15) is 4.79 Å². The topological polar surface area (TPSA) is 29.5 Å². The van der Waals surface area contributed by atoms with E-state index in [4.69, 9.17) is 4.74 Å². The van der Waals surface area contributed by atoms with Crippen molar-refractivity contribution < 1.29 is 9.53 Å². The van der Waals surface area contributed by atoms with Crippen molar-refractivity contribution in [1.29, 1.82) is 0 Å². The van der Waals surface area contributed by atoms with Gasteiger partial charge in [-0.05, 0) is 43.9 Å². The third-order valence-electron chi connectivity index (χ3n) is 5.78. The quantitative estimate of drug-likeness (QED) is 0.768. The molecule has 0 aliphatic carbocycles. The van der Waals surface area contributed by atoms with Crippen LogP contribution in [0.3, 0.4) is 0 Å². The fourth-order valence-corrected chi connectivity index (χ4v) is 4.04. The van der Waals surface area contributed by atoms with Crippen molar-refractivity contribution in [3.8, 4) is 0 Å². The second kappa shape index (κ2) is 5.08. The first-order chi connectivity index (χ1) is 9.11. The molecule has 3 saturated heterocycles. The molecular formula is C16H27NO2. The van der Waals surface area contributed by atoms with Gasteiger partial charge in [-0.15, -0.1) is 0 Å². The van der Waals surface area contributed by atoms with Gasteiger partial charge in [0.15, 0.2) is 0 Å². The summed E-state index contributed by atoms with van der Waals surface area (Å²) in [5.41, 5.74) is 0.445. The van der Waals surface area contributed by atoms with Gasteiger partial charge in [0.2, 0.25) is 5.91 Å². The van der Waals surface area contributed by atoms with Crippen LogP contribution in [0.15, 0.2) is 0 Å². The number of amides is 1. The smallest absolute Gasteiger partial charge is 0.228 e. The first-order valence-corrected chi connectivity index (χ1v) is 8.05. The molecule has 1 amide bonds. The van der Waals surface area contributed by atoms with Crippen molar-refractivity contribution >= 4 is 5.91 Å². The van der Waals surface area contributed by atoms with Gasteiger partial charge in [-0.2, -0.15) is 0 Å². The Morgan fingerprint density at radius 2 is 2.16 bits per heavy atom. The fourth-order valence-electron chi connectivity index (χ4n) is 4.04. The van der Waals surface area contributed by atoms with E-state index in [1.165, 1.54) is 19.3 Å². The van der Waals surface area contributed by atoms with Gasteiger partial charge in [0, 0.05) is 13.1 Å². The van der Waals surface area contributed by atoms with Crippen molar-refractivity contribution in [1.82, 2.24) is 4.90 Å². The van der Waals surface area contributed by atoms with Crippen LogP contribution in [0, 0.1) is 11.3 Å². The molecule has 4 atom stereocenters. The number of carbonyl (C=O) groups excluding carboxylic acids is 1. The van der Waals surface area contributed by atoms with E-state index in [1.807, 2.05) is 0 Å². The molecule has 2 bridgehead atoms. The standard InChI is InChI=1S/C16H27NO2/c1-3-16(2)7-4-9-17(10-8-16)15(18)13-11-12-5-6-14(13)19-12/h12-14H,3-11H2,1-2H3. The zero-order valence-electron chi connectivity index (χ0n) is 12.4. The van der Waals surface area contributed by atoms with Gasteiger partial charge in [0.25, 0.3) is 0 Å². The monoisotopic (exact) mass is 265 g/mol. The average molecular weight is 265 g/mol. The van der Waals surface area contributed by atoms with E-state index in [-0.39, 0.29) is 12.0 Å². The first kappa shape index (κ1) is 13.4. The molecule has 3 nitrogen and oxygen atoms in total. The van der Waals surface area contributed by atoms with E-state index in [1.54, 1.807) is 0 Å². The summed E-state index contributed by atoms with van der Waals surface area (Å²) in [6, 6.07) is 0. The Morgan fingerprint density at radius 3 is 2.79 bits per heavy atom. The SMILES string of the molecule is CCC1(C)CCCN(C(=O)C2CC3CCC2O3)CC1. The molecular weight excluding hydrogens is 238 g/mol. The maximum Gasteiger partial charge on any atom is 0.228 e. The van der Waals surface area contributed by atoms with Gasteiger partial charge in [-0.1, -0.05) is 20.3 Å². The number of nitrogens with zero attached hydrogens (tertiary/aromatic N) is 1. The summed E-state index contributed by atoms with van der Waals surface area (Å²) in [5, 5.41) is 0. The molecule has 3 fully saturated rings. The minimum absolute atomic E-state index is 0.171. The maximum atomic E-state index is 12.7. The van der Waals surface area contributed by atoms with Crippen LogP contribution in [0.25, 0.3) is 0 Å². The number of hydrogen-bond donors (Lipinski definition) is 0.